The Bertz CT molecular complexity index is 590. The molecule has 118 valence electrons. The molecule has 1 aromatic carbocycles. The summed E-state index contributed by atoms with van der Waals surface area (Å²) in [5, 5.41) is 12.0. The first kappa shape index (κ1) is 17.6. The second-order valence-electron chi connectivity index (χ2n) is 5.34. The molecule has 2 N–H and O–H groups in total. The Hall–Kier alpha value is -1.44. The predicted molar refractivity (Wildman–Crippen MR) is 80.6 cm³/mol. The molecular weight excluding hydrogens is 292 g/mol. The zero-order chi connectivity index (χ0) is 16.3. The van der Waals surface area contributed by atoms with Crippen LogP contribution < -0.4 is 5.32 Å². The summed E-state index contributed by atoms with van der Waals surface area (Å²) in [7, 11) is -0.606. The van der Waals surface area contributed by atoms with E-state index in [1.807, 2.05) is 6.92 Å². The van der Waals surface area contributed by atoms with Crippen LogP contribution in [0.1, 0.15) is 30.6 Å². The number of aliphatic hydroxyl groups excluding tert-OH is 1. The van der Waals surface area contributed by atoms with Gasteiger partial charge in [0.05, 0.1) is 17.0 Å². The van der Waals surface area contributed by atoms with Crippen molar-refractivity contribution < 1.29 is 18.3 Å². The molecule has 1 unspecified atom stereocenters. The van der Waals surface area contributed by atoms with Gasteiger partial charge in [-0.05, 0) is 37.6 Å². The van der Waals surface area contributed by atoms with Crippen LogP contribution in [0.3, 0.4) is 0 Å². The monoisotopic (exact) mass is 314 g/mol. The van der Waals surface area contributed by atoms with Gasteiger partial charge in [-0.2, -0.15) is 0 Å². The fourth-order valence-electron chi connectivity index (χ4n) is 1.58. The second kappa shape index (κ2) is 6.55. The lowest BCUT2D eigenvalue weighted by molar-refractivity contribution is 0.0847. The van der Waals surface area contributed by atoms with Gasteiger partial charge >= 0.3 is 0 Å². The summed E-state index contributed by atoms with van der Waals surface area (Å²) >= 11 is 0. The van der Waals surface area contributed by atoms with Crippen molar-refractivity contribution in [3.8, 4) is 0 Å². The van der Waals surface area contributed by atoms with Crippen LogP contribution in [0.15, 0.2) is 29.2 Å². The van der Waals surface area contributed by atoms with Crippen molar-refractivity contribution in [1.29, 1.82) is 0 Å². The molecule has 0 spiro atoms. The Kier molecular flexibility index (Phi) is 5.49. The first-order valence-corrected chi connectivity index (χ1v) is 8.06. The van der Waals surface area contributed by atoms with Crippen molar-refractivity contribution in [3.05, 3.63) is 29.8 Å². The van der Waals surface area contributed by atoms with Crippen LogP contribution in [0.4, 0.5) is 0 Å². The van der Waals surface area contributed by atoms with Crippen molar-refractivity contribution in [2.45, 2.75) is 30.7 Å². The number of rotatable bonds is 6. The second-order valence-corrected chi connectivity index (χ2v) is 7.49. The van der Waals surface area contributed by atoms with Gasteiger partial charge in [-0.1, -0.05) is 6.92 Å². The summed E-state index contributed by atoms with van der Waals surface area (Å²) < 4.78 is 25.0. The molecule has 0 aromatic heterocycles. The van der Waals surface area contributed by atoms with Gasteiger partial charge in [-0.25, -0.2) is 12.7 Å². The lowest BCUT2D eigenvalue weighted by Crippen LogP contribution is -2.48. The Morgan fingerprint density at radius 1 is 1.29 bits per heavy atom. The van der Waals surface area contributed by atoms with Crippen LogP contribution in [0.2, 0.25) is 0 Å². The standard InChI is InChI=1S/C14H22N2O4S/c1-5-14(2,10-17)15-13(18)11-6-8-12(9-7-11)21(19,20)16(3)4/h6-9,17H,5,10H2,1-4H3,(H,15,18). The maximum Gasteiger partial charge on any atom is 0.251 e. The van der Waals surface area contributed by atoms with Gasteiger partial charge in [0.2, 0.25) is 10.0 Å². The Balaban J connectivity index is 2.96. The maximum absolute atomic E-state index is 12.1. The highest BCUT2D eigenvalue weighted by molar-refractivity contribution is 7.89. The number of benzene rings is 1. The van der Waals surface area contributed by atoms with E-state index in [1.165, 1.54) is 38.4 Å². The molecule has 1 atom stereocenters. The molecule has 7 heteroatoms. The minimum atomic E-state index is -3.50. The molecule has 0 aliphatic carbocycles. The van der Waals surface area contributed by atoms with Crippen LogP contribution in [0.5, 0.6) is 0 Å². The highest BCUT2D eigenvalue weighted by Gasteiger charge is 2.24. The Labute approximate surface area is 125 Å². The topological polar surface area (TPSA) is 86.7 Å². The summed E-state index contributed by atoms with van der Waals surface area (Å²) in [6.07, 6.45) is 0.586. The fourth-order valence-corrected chi connectivity index (χ4v) is 2.48. The number of amides is 1. The van der Waals surface area contributed by atoms with Gasteiger partial charge in [0.25, 0.3) is 5.91 Å². The lowest BCUT2D eigenvalue weighted by atomic mass is 9.99. The van der Waals surface area contributed by atoms with E-state index >= 15 is 0 Å². The van der Waals surface area contributed by atoms with Crippen molar-refractivity contribution in [1.82, 2.24) is 9.62 Å². The molecule has 0 saturated carbocycles. The summed E-state index contributed by atoms with van der Waals surface area (Å²) in [5.41, 5.74) is -0.341. The zero-order valence-electron chi connectivity index (χ0n) is 12.8. The minimum absolute atomic E-state index is 0.129. The predicted octanol–water partition coefficient (Wildman–Crippen LogP) is 0.828. The van der Waals surface area contributed by atoms with Gasteiger partial charge in [-0.15, -0.1) is 0 Å². The summed E-state index contributed by atoms with van der Waals surface area (Å²) in [6.45, 7) is 3.45. The average molecular weight is 314 g/mol. The normalized spacial score (nSPS) is 14.8. The van der Waals surface area contributed by atoms with E-state index < -0.39 is 15.6 Å². The molecule has 1 rings (SSSR count). The molecule has 0 bridgehead atoms. The van der Waals surface area contributed by atoms with Gasteiger partial charge < -0.3 is 10.4 Å². The highest BCUT2D eigenvalue weighted by atomic mass is 32.2. The van der Waals surface area contributed by atoms with Crippen LogP contribution in [0.25, 0.3) is 0 Å². The van der Waals surface area contributed by atoms with E-state index in [0.29, 0.717) is 12.0 Å². The largest absolute Gasteiger partial charge is 0.394 e. The number of carbonyl (C=O) groups excluding carboxylic acids is 1. The van der Waals surface area contributed by atoms with Crippen molar-refractivity contribution in [2.24, 2.45) is 0 Å². The number of nitrogens with zero attached hydrogens (tertiary/aromatic N) is 1. The van der Waals surface area contributed by atoms with E-state index in [4.69, 9.17) is 0 Å². The van der Waals surface area contributed by atoms with Gasteiger partial charge in [0, 0.05) is 19.7 Å². The maximum atomic E-state index is 12.1. The minimum Gasteiger partial charge on any atom is -0.394 e. The van der Waals surface area contributed by atoms with E-state index in [0.717, 1.165) is 4.31 Å². The highest BCUT2D eigenvalue weighted by Crippen LogP contribution is 2.15. The van der Waals surface area contributed by atoms with E-state index in [1.54, 1.807) is 6.92 Å². The van der Waals surface area contributed by atoms with Gasteiger partial charge in [0.1, 0.15) is 0 Å². The molecule has 0 saturated heterocycles. The van der Waals surface area contributed by atoms with E-state index in [-0.39, 0.29) is 17.4 Å². The fraction of sp³-hybridized carbons (Fsp3) is 0.500. The van der Waals surface area contributed by atoms with E-state index in [9.17, 15) is 18.3 Å². The van der Waals surface area contributed by atoms with Gasteiger partial charge in [-0.3, -0.25) is 4.79 Å². The smallest absolute Gasteiger partial charge is 0.251 e. The van der Waals surface area contributed by atoms with Crippen LogP contribution in [-0.4, -0.2) is 50.0 Å². The number of hydrogen-bond donors (Lipinski definition) is 2. The molecule has 1 aromatic rings. The van der Waals surface area contributed by atoms with Crippen LogP contribution in [0, 0.1) is 0 Å². The molecule has 0 heterocycles. The summed E-state index contributed by atoms with van der Waals surface area (Å²) in [5.74, 6) is -0.345. The van der Waals surface area contributed by atoms with Crippen molar-refractivity contribution in [3.63, 3.8) is 0 Å². The zero-order valence-corrected chi connectivity index (χ0v) is 13.6. The lowest BCUT2D eigenvalue weighted by Gasteiger charge is -2.27. The average Bonchev–Trinajstić information content (AvgIpc) is 2.47. The van der Waals surface area contributed by atoms with Crippen molar-refractivity contribution >= 4 is 15.9 Å². The van der Waals surface area contributed by atoms with Gasteiger partial charge in [0.15, 0.2) is 0 Å². The Morgan fingerprint density at radius 3 is 2.19 bits per heavy atom. The summed E-state index contributed by atoms with van der Waals surface area (Å²) in [6, 6.07) is 5.71. The molecule has 0 radical (unpaired) electrons. The van der Waals surface area contributed by atoms with Crippen molar-refractivity contribution in [2.75, 3.05) is 20.7 Å². The van der Waals surface area contributed by atoms with Crippen LogP contribution >= 0.6 is 0 Å². The Morgan fingerprint density at radius 2 is 1.81 bits per heavy atom. The SMILES string of the molecule is CCC(C)(CO)NC(=O)c1ccc(S(=O)(=O)N(C)C)cc1. The summed E-state index contributed by atoms with van der Waals surface area (Å²) in [4.78, 5) is 12.2. The number of hydrogen-bond acceptors (Lipinski definition) is 4. The third-order valence-electron chi connectivity index (χ3n) is 3.44. The molecule has 0 aliphatic heterocycles. The molecule has 0 fully saturated rings. The van der Waals surface area contributed by atoms with E-state index in [2.05, 4.69) is 5.32 Å². The third-order valence-corrected chi connectivity index (χ3v) is 5.27. The molecule has 6 nitrogen and oxygen atoms in total. The third kappa shape index (κ3) is 4.03. The first-order chi connectivity index (χ1) is 9.66. The number of aliphatic hydroxyl groups is 1. The molecule has 21 heavy (non-hydrogen) atoms. The quantitative estimate of drug-likeness (QED) is 0.814. The molecule has 1 amide bonds. The molecule has 0 aliphatic rings. The van der Waals surface area contributed by atoms with Crippen LogP contribution in [-0.2, 0) is 10.0 Å². The number of carbonyl (C=O) groups is 1. The number of sulfonamides is 1. The first-order valence-electron chi connectivity index (χ1n) is 6.62. The molecular formula is C14H22N2O4S. The number of nitrogens with one attached hydrogen (secondary N) is 1.